The fraction of sp³-hybridized carbons (Fsp3) is 0.538. The molecule has 0 spiro atoms. The van der Waals surface area contributed by atoms with Crippen molar-refractivity contribution < 1.29 is 9.47 Å². The molecule has 0 amide bonds. The maximum Gasteiger partial charge on any atom is 0.122 e. The van der Waals surface area contributed by atoms with E-state index in [1.165, 1.54) is 18.4 Å². The first-order chi connectivity index (χ1) is 7.81. The van der Waals surface area contributed by atoms with Crippen LogP contribution in [0.2, 0.25) is 0 Å². The molecule has 88 valence electrons. The molecule has 2 rings (SSSR count). The van der Waals surface area contributed by atoms with E-state index in [1.807, 2.05) is 18.2 Å². The molecular formula is C13H19NO2. The van der Waals surface area contributed by atoms with Crippen LogP contribution in [-0.2, 0) is 6.54 Å². The van der Waals surface area contributed by atoms with Gasteiger partial charge in [-0.25, -0.2) is 0 Å². The highest BCUT2D eigenvalue weighted by molar-refractivity contribution is 5.38. The third kappa shape index (κ3) is 3.14. The van der Waals surface area contributed by atoms with E-state index in [0.717, 1.165) is 30.5 Å². The standard InChI is InChI=1S/C13H19NO2/c1-15-12-5-11(6-13(7-12)16-2)9-14-8-10-3-4-10/h5-7,10,14H,3-4,8-9H2,1-2H3. The monoisotopic (exact) mass is 221 g/mol. The average Bonchev–Trinajstić information content (AvgIpc) is 3.12. The molecule has 0 atom stereocenters. The molecule has 3 heteroatoms. The minimum Gasteiger partial charge on any atom is -0.497 e. The maximum absolute atomic E-state index is 5.23. The van der Waals surface area contributed by atoms with Crippen LogP contribution in [0.25, 0.3) is 0 Å². The molecule has 0 radical (unpaired) electrons. The lowest BCUT2D eigenvalue weighted by molar-refractivity contribution is 0.393. The Morgan fingerprint density at radius 2 is 1.75 bits per heavy atom. The summed E-state index contributed by atoms with van der Waals surface area (Å²) in [5.74, 6) is 2.61. The SMILES string of the molecule is COc1cc(CNCC2CC2)cc(OC)c1. The van der Waals surface area contributed by atoms with Crippen molar-refractivity contribution in [3.8, 4) is 11.5 Å². The van der Waals surface area contributed by atoms with Crippen LogP contribution in [0.5, 0.6) is 11.5 Å². The fourth-order valence-electron chi connectivity index (χ4n) is 1.71. The van der Waals surface area contributed by atoms with E-state index >= 15 is 0 Å². The minimum atomic E-state index is 0.850. The van der Waals surface area contributed by atoms with Gasteiger partial charge >= 0.3 is 0 Å². The van der Waals surface area contributed by atoms with E-state index in [1.54, 1.807) is 14.2 Å². The number of benzene rings is 1. The average molecular weight is 221 g/mol. The topological polar surface area (TPSA) is 30.5 Å². The van der Waals surface area contributed by atoms with Crippen molar-refractivity contribution in [2.24, 2.45) is 5.92 Å². The molecular weight excluding hydrogens is 202 g/mol. The highest BCUT2D eigenvalue weighted by Gasteiger charge is 2.20. The first kappa shape index (κ1) is 11.3. The van der Waals surface area contributed by atoms with Crippen molar-refractivity contribution in [1.82, 2.24) is 5.32 Å². The fourth-order valence-corrected chi connectivity index (χ4v) is 1.71. The molecule has 1 aromatic carbocycles. The Labute approximate surface area is 96.8 Å². The van der Waals surface area contributed by atoms with E-state index in [4.69, 9.17) is 9.47 Å². The second-order valence-electron chi connectivity index (χ2n) is 4.30. The first-order valence-electron chi connectivity index (χ1n) is 5.74. The van der Waals surface area contributed by atoms with Crippen LogP contribution >= 0.6 is 0 Å². The smallest absolute Gasteiger partial charge is 0.122 e. The van der Waals surface area contributed by atoms with Crippen LogP contribution in [0, 0.1) is 5.92 Å². The van der Waals surface area contributed by atoms with Crippen LogP contribution in [0.15, 0.2) is 18.2 Å². The van der Waals surface area contributed by atoms with Crippen LogP contribution in [0.4, 0.5) is 0 Å². The second-order valence-corrected chi connectivity index (χ2v) is 4.30. The first-order valence-corrected chi connectivity index (χ1v) is 5.74. The van der Waals surface area contributed by atoms with E-state index in [2.05, 4.69) is 5.32 Å². The minimum absolute atomic E-state index is 0.850. The summed E-state index contributed by atoms with van der Waals surface area (Å²) in [4.78, 5) is 0. The zero-order valence-electron chi connectivity index (χ0n) is 9.95. The lowest BCUT2D eigenvalue weighted by Gasteiger charge is -2.09. The summed E-state index contributed by atoms with van der Waals surface area (Å²) < 4.78 is 10.5. The molecule has 0 unspecified atom stereocenters. The van der Waals surface area contributed by atoms with Crippen LogP contribution in [-0.4, -0.2) is 20.8 Å². The van der Waals surface area contributed by atoms with Crippen molar-refractivity contribution in [2.45, 2.75) is 19.4 Å². The van der Waals surface area contributed by atoms with Crippen molar-refractivity contribution in [2.75, 3.05) is 20.8 Å². The number of rotatable bonds is 6. The highest BCUT2D eigenvalue weighted by Crippen LogP contribution is 2.28. The Hall–Kier alpha value is -1.22. The summed E-state index contributed by atoms with van der Waals surface area (Å²) in [6.07, 6.45) is 2.77. The molecule has 3 nitrogen and oxygen atoms in total. The van der Waals surface area contributed by atoms with Crippen molar-refractivity contribution in [1.29, 1.82) is 0 Å². The molecule has 1 aromatic rings. The molecule has 1 saturated carbocycles. The van der Waals surface area contributed by atoms with Gasteiger partial charge in [-0.3, -0.25) is 0 Å². The lowest BCUT2D eigenvalue weighted by Crippen LogP contribution is -2.16. The van der Waals surface area contributed by atoms with Gasteiger partial charge in [0, 0.05) is 12.6 Å². The van der Waals surface area contributed by atoms with Gasteiger partial charge in [0.25, 0.3) is 0 Å². The number of nitrogens with one attached hydrogen (secondary N) is 1. The number of methoxy groups -OCH3 is 2. The van der Waals surface area contributed by atoms with Gasteiger partial charge in [-0.05, 0) is 43.0 Å². The summed E-state index contributed by atoms with van der Waals surface area (Å²) in [6, 6.07) is 5.98. The van der Waals surface area contributed by atoms with E-state index in [9.17, 15) is 0 Å². The maximum atomic E-state index is 5.23. The molecule has 0 aromatic heterocycles. The predicted molar refractivity (Wildman–Crippen MR) is 64.0 cm³/mol. The Kier molecular flexibility index (Phi) is 3.67. The molecule has 0 saturated heterocycles. The second kappa shape index (κ2) is 5.21. The lowest BCUT2D eigenvalue weighted by atomic mass is 10.2. The van der Waals surface area contributed by atoms with Crippen molar-refractivity contribution in [3.05, 3.63) is 23.8 Å². The van der Waals surface area contributed by atoms with Gasteiger partial charge in [0.2, 0.25) is 0 Å². The summed E-state index contributed by atoms with van der Waals surface area (Å²) in [5, 5.41) is 3.46. The summed E-state index contributed by atoms with van der Waals surface area (Å²) >= 11 is 0. The summed E-state index contributed by atoms with van der Waals surface area (Å²) in [7, 11) is 3.35. The molecule has 1 aliphatic rings. The molecule has 16 heavy (non-hydrogen) atoms. The molecule has 0 bridgehead atoms. The predicted octanol–water partition coefficient (Wildman–Crippen LogP) is 2.20. The van der Waals surface area contributed by atoms with E-state index in [0.29, 0.717) is 0 Å². The quantitative estimate of drug-likeness (QED) is 0.799. The Morgan fingerprint density at radius 3 is 2.25 bits per heavy atom. The largest absolute Gasteiger partial charge is 0.497 e. The van der Waals surface area contributed by atoms with Crippen LogP contribution in [0.3, 0.4) is 0 Å². The Morgan fingerprint density at radius 1 is 1.12 bits per heavy atom. The summed E-state index contributed by atoms with van der Waals surface area (Å²) in [5.41, 5.74) is 1.21. The number of hydrogen-bond donors (Lipinski definition) is 1. The van der Waals surface area contributed by atoms with Crippen molar-refractivity contribution >= 4 is 0 Å². The molecule has 1 aliphatic carbocycles. The number of hydrogen-bond acceptors (Lipinski definition) is 3. The van der Waals surface area contributed by atoms with Gasteiger partial charge in [0.1, 0.15) is 11.5 Å². The van der Waals surface area contributed by atoms with Crippen molar-refractivity contribution in [3.63, 3.8) is 0 Å². The third-order valence-corrected chi connectivity index (χ3v) is 2.87. The zero-order chi connectivity index (χ0) is 11.4. The van der Waals surface area contributed by atoms with Gasteiger partial charge in [-0.15, -0.1) is 0 Å². The van der Waals surface area contributed by atoms with Crippen LogP contribution < -0.4 is 14.8 Å². The van der Waals surface area contributed by atoms with Gasteiger partial charge in [-0.1, -0.05) is 0 Å². The summed E-state index contributed by atoms with van der Waals surface area (Å²) in [6.45, 7) is 2.00. The number of ether oxygens (including phenoxy) is 2. The molecule has 0 aliphatic heterocycles. The van der Waals surface area contributed by atoms with E-state index < -0.39 is 0 Å². The van der Waals surface area contributed by atoms with Gasteiger partial charge < -0.3 is 14.8 Å². The van der Waals surface area contributed by atoms with Crippen LogP contribution in [0.1, 0.15) is 18.4 Å². The van der Waals surface area contributed by atoms with Gasteiger partial charge in [0.15, 0.2) is 0 Å². The molecule has 0 heterocycles. The Balaban J connectivity index is 1.94. The zero-order valence-corrected chi connectivity index (χ0v) is 9.95. The van der Waals surface area contributed by atoms with Gasteiger partial charge in [-0.2, -0.15) is 0 Å². The van der Waals surface area contributed by atoms with Gasteiger partial charge in [0.05, 0.1) is 14.2 Å². The molecule has 1 fully saturated rings. The third-order valence-electron chi connectivity index (χ3n) is 2.87. The Bertz CT molecular complexity index is 326. The van der Waals surface area contributed by atoms with E-state index in [-0.39, 0.29) is 0 Å². The normalized spacial score (nSPS) is 14.9. The molecule has 1 N–H and O–H groups in total. The highest BCUT2D eigenvalue weighted by atomic mass is 16.5.